The van der Waals surface area contributed by atoms with Crippen LogP contribution in [0.4, 0.5) is 0 Å². The van der Waals surface area contributed by atoms with E-state index in [2.05, 4.69) is 10.0 Å². The largest absolute Gasteiger partial charge is 0.497 e. The zero-order valence-corrected chi connectivity index (χ0v) is 18.0. The van der Waals surface area contributed by atoms with Crippen molar-refractivity contribution in [1.29, 1.82) is 0 Å². The average molecular weight is 429 g/mol. The Morgan fingerprint density at radius 1 is 1.07 bits per heavy atom. The second kappa shape index (κ2) is 10.4. The van der Waals surface area contributed by atoms with Gasteiger partial charge in [0.2, 0.25) is 15.9 Å². The average Bonchev–Trinajstić information content (AvgIpc) is 3.25. The fourth-order valence-electron chi connectivity index (χ4n) is 3.44. The van der Waals surface area contributed by atoms with Gasteiger partial charge in [-0.3, -0.25) is 4.79 Å². The van der Waals surface area contributed by atoms with Crippen molar-refractivity contribution in [2.24, 2.45) is 0 Å². The molecule has 160 valence electrons. The van der Waals surface area contributed by atoms with E-state index in [-0.39, 0.29) is 16.8 Å². The molecule has 1 fully saturated rings. The van der Waals surface area contributed by atoms with Crippen LogP contribution >= 0.6 is 0 Å². The van der Waals surface area contributed by atoms with Crippen molar-refractivity contribution in [3.8, 4) is 5.75 Å². The molecule has 2 aromatic carbocycles. The third-order valence-electron chi connectivity index (χ3n) is 5.17. The topological polar surface area (TPSA) is 84.5 Å². The molecule has 1 aliphatic carbocycles. The summed E-state index contributed by atoms with van der Waals surface area (Å²) in [4.78, 5) is 12.3. The van der Waals surface area contributed by atoms with Crippen LogP contribution in [0.5, 0.6) is 5.75 Å². The molecule has 0 aromatic heterocycles. The van der Waals surface area contributed by atoms with Gasteiger partial charge in [0.15, 0.2) is 0 Å². The second-order valence-corrected chi connectivity index (χ2v) is 9.11. The summed E-state index contributed by atoms with van der Waals surface area (Å²) in [7, 11) is -1.86. The van der Waals surface area contributed by atoms with Crippen LogP contribution in [0.2, 0.25) is 0 Å². The highest BCUT2D eigenvalue weighted by Gasteiger charge is 2.22. The molecule has 1 amide bonds. The predicted octanol–water partition coefficient (Wildman–Crippen LogP) is 3.29. The predicted molar refractivity (Wildman–Crippen MR) is 118 cm³/mol. The number of nitrogens with one attached hydrogen (secondary N) is 2. The van der Waals surface area contributed by atoms with Crippen molar-refractivity contribution in [1.82, 2.24) is 10.0 Å². The van der Waals surface area contributed by atoms with E-state index in [1.807, 2.05) is 24.3 Å². The Labute approximate surface area is 178 Å². The molecule has 0 radical (unpaired) electrons. The van der Waals surface area contributed by atoms with Crippen LogP contribution in [0.1, 0.15) is 36.8 Å². The van der Waals surface area contributed by atoms with Crippen molar-refractivity contribution in [2.75, 3.05) is 13.7 Å². The number of amides is 1. The highest BCUT2D eigenvalue weighted by Crippen LogP contribution is 2.20. The first kappa shape index (κ1) is 22.1. The van der Waals surface area contributed by atoms with Gasteiger partial charge >= 0.3 is 0 Å². The zero-order chi connectivity index (χ0) is 21.4. The molecule has 2 N–H and O–H groups in total. The molecule has 30 heavy (non-hydrogen) atoms. The van der Waals surface area contributed by atoms with Gasteiger partial charge in [-0.05, 0) is 60.7 Å². The smallest absolute Gasteiger partial charge is 0.244 e. The summed E-state index contributed by atoms with van der Waals surface area (Å²) >= 11 is 0. The summed E-state index contributed by atoms with van der Waals surface area (Å²) in [6, 6.07) is 14.3. The lowest BCUT2D eigenvalue weighted by molar-refractivity contribution is -0.116. The molecule has 3 rings (SSSR count). The number of carbonyl (C=O) groups excluding carboxylic acids is 1. The van der Waals surface area contributed by atoms with Gasteiger partial charge < -0.3 is 10.1 Å². The molecule has 1 aliphatic rings. The van der Waals surface area contributed by atoms with Crippen molar-refractivity contribution in [3.63, 3.8) is 0 Å². The number of hydrogen-bond acceptors (Lipinski definition) is 4. The van der Waals surface area contributed by atoms with Crippen LogP contribution in [0.3, 0.4) is 0 Å². The standard InChI is InChI=1S/C23H28N2O4S/c1-29-21-11-6-18(7-12-21)10-15-23(26)24-17-16-19-8-13-22(14-9-19)30(27,28)25-20-4-2-3-5-20/h6-15,20,25H,2-5,16-17H2,1H3,(H,24,26)/b15-10+. The van der Waals surface area contributed by atoms with Crippen LogP contribution in [-0.2, 0) is 21.2 Å². The first-order valence-corrected chi connectivity index (χ1v) is 11.7. The lowest BCUT2D eigenvalue weighted by Gasteiger charge is -2.12. The first-order valence-electron chi connectivity index (χ1n) is 10.2. The Morgan fingerprint density at radius 3 is 2.37 bits per heavy atom. The van der Waals surface area contributed by atoms with Crippen molar-refractivity contribution in [2.45, 2.75) is 43.0 Å². The van der Waals surface area contributed by atoms with Gasteiger partial charge in [-0.1, -0.05) is 37.1 Å². The third-order valence-corrected chi connectivity index (χ3v) is 6.70. The van der Waals surface area contributed by atoms with Crippen LogP contribution in [0, 0.1) is 0 Å². The molecule has 2 aromatic rings. The van der Waals surface area contributed by atoms with E-state index >= 15 is 0 Å². The van der Waals surface area contributed by atoms with E-state index in [1.54, 1.807) is 37.5 Å². The quantitative estimate of drug-likeness (QED) is 0.600. The summed E-state index contributed by atoms with van der Waals surface area (Å²) in [5.41, 5.74) is 1.88. The molecule has 0 bridgehead atoms. The van der Waals surface area contributed by atoms with E-state index in [4.69, 9.17) is 4.74 Å². The van der Waals surface area contributed by atoms with Crippen LogP contribution in [0.15, 0.2) is 59.5 Å². The van der Waals surface area contributed by atoms with Gasteiger partial charge in [0.1, 0.15) is 5.75 Å². The van der Waals surface area contributed by atoms with Gasteiger partial charge in [-0.2, -0.15) is 0 Å². The van der Waals surface area contributed by atoms with Gasteiger partial charge in [0.25, 0.3) is 0 Å². The van der Waals surface area contributed by atoms with Gasteiger partial charge in [0.05, 0.1) is 12.0 Å². The number of sulfonamides is 1. The molecule has 1 saturated carbocycles. The monoisotopic (exact) mass is 428 g/mol. The molecule has 0 unspecified atom stereocenters. The summed E-state index contributed by atoms with van der Waals surface area (Å²) in [6.07, 6.45) is 7.82. The Bertz CT molecular complexity index is 961. The van der Waals surface area contributed by atoms with Crippen LogP contribution < -0.4 is 14.8 Å². The number of hydrogen-bond donors (Lipinski definition) is 2. The van der Waals surface area contributed by atoms with E-state index in [0.717, 1.165) is 42.6 Å². The van der Waals surface area contributed by atoms with Gasteiger partial charge in [-0.15, -0.1) is 0 Å². The Hall–Kier alpha value is -2.64. The Balaban J connectivity index is 1.45. The van der Waals surface area contributed by atoms with E-state index in [0.29, 0.717) is 13.0 Å². The fourth-order valence-corrected chi connectivity index (χ4v) is 4.75. The molecule has 0 heterocycles. The summed E-state index contributed by atoms with van der Waals surface area (Å²) in [6.45, 7) is 0.470. The maximum absolute atomic E-state index is 12.4. The van der Waals surface area contributed by atoms with Crippen molar-refractivity contribution in [3.05, 3.63) is 65.7 Å². The highest BCUT2D eigenvalue weighted by atomic mass is 32.2. The highest BCUT2D eigenvalue weighted by molar-refractivity contribution is 7.89. The normalized spacial score (nSPS) is 14.8. The molecule has 7 heteroatoms. The number of rotatable bonds is 9. The van der Waals surface area contributed by atoms with E-state index in [1.165, 1.54) is 6.08 Å². The minimum Gasteiger partial charge on any atom is -0.497 e. The molecule has 0 atom stereocenters. The fraction of sp³-hybridized carbons (Fsp3) is 0.348. The second-order valence-electron chi connectivity index (χ2n) is 7.39. The minimum atomic E-state index is -3.47. The SMILES string of the molecule is COc1ccc(/C=C/C(=O)NCCc2ccc(S(=O)(=O)NC3CCCC3)cc2)cc1. The molecular weight excluding hydrogens is 400 g/mol. The minimum absolute atomic E-state index is 0.0517. The van der Waals surface area contributed by atoms with Crippen LogP contribution in [-0.4, -0.2) is 34.0 Å². The van der Waals surface area contributed by atoms with E-state index < -0.39 is 10.0 Å². The Kier molecular flexibility index (Phi) is 7.65. The molecule has 0 spiro atoms. The molecule has 6 nitrogen and oxygen atoms in total. The maximum Gasteiger partial charge on any atom is 0.244 e. The lowest BCUT2D eigenvalue weighted by Crippen LogP contribution is -2.32. The molecule has 0 aliphatic heterocycles. The summed E-state index contributed by atoms with van der Waals surface area (Å²) < 4.78 is 32.8. The lowest BCUT2D eigenvalue weighted by atomic mass is 10.1. The number of ether oxygens (including phenoxy) is 1. The number of methoxy groups -OCH3 is 1. The Morgan fingerprint density at radius 2 is 1.73 bits per heavy atom. The van der Waals surface area contributed by atoms with Crippen molar-refractivity contribution < 1.29 is 17.9 Å². The maximum atomic E-state index is 12.4. The first-order chi connectivity index (χ1) is 14.5. The van der Waals surface area contributed by atoms with E-state index in [9.17, 15) is 13.2 Å². The van der Waals surface area contributed by atoms with Gasteiger partial charge in [-0.25, -0.2) is 13.1 Å². The zero-order valence-electron chi connectivity index (χ0n) is 17.1. The van der Waals surface area contributed by atoms with Crippen LogP contribution in [0.25, 0.3) is 6.08 Å². The molecule has 0 saturated heterocycles. The van der Waals surface area contributed by atoms with Crippen molar-refractivity contribution >= 4 is 22.0 Å². The molecular formula is C23H28N2O4S. The number of benzene rings is 2. The summed E-state index contributed by atoms with van der Waals surface area (Å²) in [5.74, 6) is 0.593. The number of carbonyl (C=O) groups is 1. The van der Waals surface area contributed by atoms with Gasteiger partial charge in [0, 0.05) is 18.7 Å². The summed E-state index contributed by atoms with van der Waals surface area (Å²) in [5, 5.41) is 2.84. The third kappa shape index (κ3) is 6.43.